The Morgan fingerprint density at radius 3 is 2.40 bits per heavy atom. The van der Waals surface area contributed by atoms with Crippen LogP contribution in [0.3, 0.4) is 0 Å². The molecule has 2 aliphatic heterocycles. The molecule has 25 heavy (non-hydrogen) atoms. The molecule has 0 atom stereocenters. The van der Waals surface area contributed by atoms with E-state index in [0.717, 1.165) is 0 Å². The number of nitrogens with zero attached hydrogens (tertiary/aromatic N) is 2. The molecule has 0 N–H and O–H groups in total. The van der Waals surface area contributed by atoms with E-state index in [1.165, 1.54) is 18.2 Å². The molecule has 2 saturated heterocycles. The molecule has 1 aromatic rings. The van der Waals surface area contributed by atoms with Gasteiger partial charge in [0, 0.05) is 43.7 Å². The number of carbonyl (C=O) groups is 2. The number of likely N-dealkylation sites (tertiary alicyclic amines) is 1. The normalized spacial score (nSPS) is 19.4. The number of hydrogen-bond acceptors (Lipinski definition) is 3. The van der Waals surface area contributed by atoms with Crippen LogP contribution < -0.4 is 0 Å². The maximum Gasteiger partial charge on any atom is 0.246 e. The van der Waals surface area contributed by atoms with Gasteiger partial charge in [0.15, 0.2) is 0 Å². The molecule has 5 nitrogen and oxygen atoms in total. The molecule has 1 aromatic carbocycles. The lowest BCUT2D eigenvalue weighted by molar-refractivity contribution is -0.142. The molecule has 134 valence electrons. The first kappa shape index (κ1) is 17.6. The van der Waals surface area contributed by atoms with Crippen molar-refractivity contribution < 1.29 is 18.7 Å². The summed E-state index contributed by atoms with van der Waals surface area (Å²) in [6.07, 6.45) is 4.26. The van der Waals surface area contributed by atoms with E-state index in [4.69, 9.17) is 4.74 Å². The number of morpholine rings is 1. The first-order valence-corrected chi connectivity index (χ1v) is 8.73. The van der Waals surface area contributed by atoms with Gasteiger partial charge in [-0.15, -0.1) is 0 Å². The third kappa shape index (κ3) is 4.45. The van der Waals surface area contributed by atoms with Gasteiger partial charge in [0.2, 0.25) is 11.8 Å². The van der Waals surface area contributed by atoms with Crippen LogP contribution in [-0.4, -0.2) is 61.0 Å². The molecular weight excluding hydrogens is 323 g/mol. The van der Waals surface area contributed by atoms with E-state index in [9.17, 15) is 14.0 Å². The van der Waals surface area contributed by atoms with Gasteiger partial charge in [-0.05, 0) is 25.0 Å². The maximum atomic E-state index is 13.6. The minimum absolute atomic E-state index is 0.0160. The fourth-order valence-electron chi connectivity index (χ4n) is 3.27. The Bertz CT molecular complexity index is 648. The maximum absolute atomic E-state index is 13.6. The number of amides is 2. The molecule has 0 spiro atoms. The number of rotatable bonds is 3. The lowest BCUT2D eigenvalue weighted by Crippen LogP contribution is -2.47. The van der Waals surface area contributed by atoms with Gasteiger partial charge in [-0.25, -0.2) is 4.39 Å². The predicted octanol–water partition coefficient (Wildman–Crippen LogP) is 1.94. The SMILES string of the molecule is O=C(/C=C/c1ccccc1F)N1CCC(C(=O)N2CCOCC2)CC1. The van der Waals surface area contributed by atoms with Gasteiger partial charge in [0.25, 0.3) is 0 Å². The van der Waals surface area contributed by atoms with Crippen molar-refractivity contribution >= 4 is 17.9 Å². The average molecular weight is 346 g/mol. The zero-order chi connectivity index (χ0) is 17.6. The predicted molar refractivity (Wildman–Crippen MR) is 92.1 cm³/mol. The van der Waals surface area contributed by atoms with Crippen LogP contribution in [0.1, 0.15) is 18.4 Å². The molecule has 6 heteroatoms. The highest BCUT2D eigenvalue weighted by Crippen LogP contribution is 2.21. The molecule has 0 bridgehead atoms. The molecule has 2 aliphatic rings. The smallest absolute Gasteiger partial charge is 0.246 e. The van der Waals surface area contributed by atoms with E-state index < -0.39 is 0 Å². The van der Waals surface area contributed by atoms with Crippen LogP contribution in [0, 0.1) is 11.7 Å². The van der Waals surface area contributed by atoms with Gasteiger partial charge in [-0.1, -0.05) is 18.2 Å². The van der Waals surface area contributed by atoms with Crippen LogP contribution in [0.4, 0.5) is 4.39 Å². The number of carbonyl (C=O) groups excluding carboxylic acids is 2. The highest BCUT2D eigenvalue weighted by Gasteiger charge is 2.30. The van der Waals surface area contributed by atoms with Crippen molar-refractivity contribution in [1.82, 2.24) is 9.80 Å². The second-order valence-electron chi connectivity index (χ2n) is 6.39. The van der Waals surface area contributed by atoms with Crippen LogP contribution in [0.15, 0.2) is 30.3 Å². The van der Waals surface area contributed by atoms with Gasteiger partial charge in [-0.2, -0.15) is 0 Å². The molecule has 0 saturated carbocycles. The van der Waals surface area contributed by atoms with Crippen LogP contribution in [0.25, 0.3) is 6.08 Å². The summed E-state index contributed by atoms with van der Waals surface area (Å²) in [5.74, 6) is -0.322. The summed E-state index contributed by atoms with van der Waals surface area (Å²) in [7, 11) is 0. The quantitative estimate of drug-likeness (QED) is 0.786. The zero-order valence-electron chi connectivity index (χ0n) is 14.2. The highest BCUT2D eigenvalue weighted by molar-refractivity contribution is 5.92. The second-order valence-corrected chi connectivity index (χ2v) is 6.39. The Labute approximate surface area is 147 Å². The first-order valence-electron chi connectivity index (χ1n) is 8.73. The first-order chi connectivity index (χ1) is 12.1. The summed E-state index contributed by atoms with van der Waals surface area (Å²) in [6, 6.07) is 6.35. The third-order valence-corrected chi connectivity index (χ3v) is 4.79. The molecule has 2 heterocycles. The van der Waals surface area contributed by atoms with E-state index >= 15 is 0 Å². The van der Waals surface area contributed by atoms with Crippen molar-refractivity contribution in [2.75, 3.05) is 39.4 Å². The number of benzene rings is 1. The Kier molecular flexibility index (Phi) is 5.81. The molecule has 0 unspecified atom stereocenters. The number of hydrogen-bond donors (Lipinski definition) is 0. The van der Waals surface area contributed by atoms with Gasteiger partial charge >= 0.3 is 0 Å². The molecule has 0 aromatic heterocycles. The summed E-state index contributed by atoms with van der Waals surface area (Å²) >= 11 is 0. The van der Waals surface area contributed by atoms with E-state index in [0.29, 0.717) is 57.8 Å². The Balaban J connectivity index is 1.50. The van der Waals surface area contributed by atoms with Gasteiger partial charge in [0.1, 0.15) is 5.82 Å². The molecule has 0 radical (unpaired) electrons. The molecule has 2 amide bonds. The number of piperidine rings is 1. The summed E-state index contributed by atoms with van der Waals surface area (Å²) in [5.41, 5.74) is 0.397. The fourth-order valence-corrected chi connectivity index (χ4v) is 3.27. The van der Waals surface area contributed by atoms with Crippen molar-refractivity contribution in [3.63, 3.8) is 0 Å². The van der Waals surface area contributed by atoms with Crippen molar-refractivity contribution in [3.8, 4) is 0 Å². The van der Waals surface area contributed by atoms with Gasteiger partial charge in [0.05, 0.1) is 13.2 Å². The fraction of sp³-hybridized carbons (Fsp3) is 0.474. The van der Waals surface area contributed by atoms with Crippen molar-refractivity contribution in [3.05, 3.63) is 41.7 Å². The topological polar surface area (TPSA) is 49.9 Å². The largest absolute Gasteiger partial charge is 0.378 e. The van der Waals surface area contributed by atoms with Crippen molar-refractivity contribution in [1.29, 1.82) is 0 Å². The Morgan fingerprint density at radius 1 is 1.04 bits per heavy atom. The van der Waals surface area contributed by atoms with E-state index in [-0.39, 0.29) is 23.5 Å². The monoisotopic (exact) mass is 346 g/mol. The van der Waals surface area contributed by atoms with E-state index in [2.05, 4.69) is 0 Å². The van der Waals surface area contributed by atoms with E-state index in [1.807, 2.05) is 4.90 Å². The zero-order valence-corrected chi connectivity index (χ0v) is 14.2. The second kappa shape index (κ2) is 8.25. The van der Waals surface area contributed by atoms with Gasteiger partial charge in [-0.3, -0.25) is 9.59 Å². The van der Waals surface area contributed by atoms with Crippen LogP contribution >= 0.6 is 0 Å². The summed E-state index contributed by atoms with van der Waals surface area (Å²) < 4.78 is 18.8. The molecule has 3 rings (SSSR count). The van der Waals surface area contributed by atoms with E-state index in [1.54, 1.807) is 23.1 Å². The van der Waals surface area contributed by atoms with Crippen LogP contribution in [-0.2, 0) is 14.3 Å². The van der Waals surface area contributed by atoms with Crippen LogP contribution in [0.5, 0.6) is 0 Å². The summed E-state index contributed by atoms with van der Waals surface area (Å²) in [5, 5.41) is 0. The molecule has 0 aliphatic carbocycles. The minimum Gasteiger partial charge on any atom is -0.378 e. The lowest BCUT2D eigenvalue weighted by Gasteiger charge is -2.35. The number of halogens is 1. The van der Waals surface area contributed by atoms with Crippen molar-refractivity contribution in [2.24, 2.45) is 5.92 Å². The third-order valence-electron chi connectivity index (χ3n) is 4.79. The van der Waals surface area contributed by atoms with Crippen LogP contribution in [0.2, 0.25) is 0 Å². The minimum atomic E-state index is -0.346. The average Bonchev–Trinajstić information content (AvgIpc) is 2.67. The van der Waals surface area contributed by atoms with Gasteiger partial charge < -0.3 is 14.5 Å². The summed E-state index contributed by atoms with van der Waals surface area (Å²) in [4.78, 5) is 28.3. The summed E-state index contributed by atoms with van der Waals surface area (Å²) in [6.45, 7) is 3.63. The molecule has 2 fully saturated rings. The lowest BCUT2D eigenvalue weighted by atomic mass is 9.95. The highest BCUT2D eigenvalue weighted by atomic mass is 19.1. The number of ether oxygens (including phenoxy) is 1. The Morgan fingerprint density at radius 2 is 1.72 bits per heavy atom. The van der Waals surface area contributed by atoms with Crippen molar-refractivity contribution in [2.45, 2.75) is 12.8 Å². The molecular formula is C19H23FN2O3. The standard InChI is InChI=1S/C19H23FN2O3/c20-17-4-2-1-3-15(17)5-6-18(23)21-9-7-16(8-10-21)19(24)22-11-13-25-14-12-22/h1-6,16H,7-14H2/b6-5+. The Hall–Kier alpha value is -2.21.